The number of fused-ring (bicyclic) bond motifs is 1. The van der Waals surface area contributed by atoms with Crippen LogP contribution in [0.15, 0.2) is 53.3 Å². The van der Waals surface area contributed by atoms with Gasteiger partial charge in [0.25, 0.3) is 5.56 Å². The third kappa shape index (κ3) is 2.70. The first kappa shape index (κ1) is 15.5. The predicted octanol–water partition coefficient (Wildman–Crippen LogP) is 2.68. The van der Waals surface area contributed by atoms with Gasteiger partial charge in [-0.25, -0.2) is 4.40 Å². The second kappa shape index (κ2) is 6.14. The maximum Gasteiger partial charge on any atom is 0.276 e. The van der Waals surface area contributed by atoms with Gasteiger partial charge in [-0.05, 0) is 36.3 Å². The lowest BCUT2D eigenvalue weighted by Gasteiger charge is -2.01. The van der Waals surface area contributed by atoms with E-state index in [9.17, 15) is 4.79 Å². The van der Waals surface area contributed by atoms with Gasteiger partial charge in [-0.2, -0.15) is 0 Å². The summed E-state index contributed by atoms with van der Waals surface area (Å²) in [6.45, 7) is 2.00. The van der Waals surface area contributed by atoms with Gasteiger partial charge in [0.05, 0.1) is 11.6 Å². The average Bonchev–Trinajstić information content (AvgIpc) is 3.17. The van der Waals surface area contributed by atoms with E-state index in [-0.39, 0.29) is 5.56 Å². The maximum absolute atomic E-state index is 12.9. The molecule has 0 saturated carbocycles. The number of hydrogen-bond acceptors (Lipinski definition) is 5. The van der Waals surface area contributed by atoms with Crippen LogP contribution in [0.5, 0.6) is 5.75 Å². The lowest BCUT2D eigenvalue weighted by atomic mass is 10.1. The molecule has 2 heterocycles. The third-order valence-electron chi connectivity index (χ3n) is 4.03. The highest BCUT2D eigenvalue weighted by Crippen LogP contribution is 2.21. The van der Waals surface area contributed by atoms with Crippen LogP contribution in [0.1, 0.15) is 11.1 Å². The first-order valence-electron chi connectivity index (χ1n) is 7.77. The van der Waals surface area contributed by atoms with Crippen LogP contribution in [0.2, 0.25) is 0 Å². The van der Waals surface area contributed by atoms with Gasteiger partial charge in [-0.1, -0.05) is 47.7 Å². The molecule has 0 N–H and O–H groups in total. The number of hydrogen-bond donors (Lipinski definition) is 0. The van der Waals surface area contributed by atoms with E-state index in [4.69, 9.17) is 4.74 Å². The fourth-order valence-corrected chi connectivity index (χ4v) is 3.66. The molecule has 4 aromatic rings. The van der Waals surface area contributed by atoms with Crippen molar-refractivity contribution in [1.29, 1.82) is 0 Å². The minimum Gasteiger partial charge on any atom is -0.497 e. The average molecular weight is 349 g/mol. The van der Waals surface area contributed by atoms with Gasteiger partial charge in [0, 0.05) is 5.56 Å². The first-order chi connectivity index (χ1) is 12.2. The lowest BCUT2D eigenvalue weighted by Crippen LogP contribution is -2.23. The predicted molar refractivity (Wildman–Crippen MR) is 99.1 cm³/mol. The standard InChI is InChI=1S/C19H15N3O2S/c1-12-6-3-4-9-15(12)17-20-21-19-22(17)18(23)16(25-19)11-13-7-5-8-14(10-13)24-2/h3-11H,1-2H3/b16-11+. The number of nitrogens with zero attached hydrogens (tertiary/aromatic N) is 3. The maximum atomic E-state index is 12.9. The van der Waals surface area contributed by atoms with Crippen molar-refractivity contribution in [2.75, 3.05) is 7.11 Å². The molecular weight excluding hydrogens is 334 g/mol. The van der Waals surface area contributed by atoms with Gasteiger partial charge < -0.3 is 4.74 Å². The number of ether oxygens (including phenoxy) is 1. The third-order valence-corrected chi connectivity index (χ3v) is 4.99. The van der Waals surface area contributed by atoms with E-state index in [0.29, 0.717) is 15.3 Å². The highest BCUT2D eigenvalue weighted by molar-refractivity contribution is 7.15. The van der Waals surface area contributed by atoms with Crippen LogP contribution in [0.4, 0.5) is 0 Å². The zero-order chi connectivity index (χ0) is 17.4. The SMILES string of the molecule is COc1cccc(/C=c2/sc3nnc(-c4ccccc4C)n3c2=O)c1. The quantitative estimate of drug-likeness (QED) is 0.571. The minimum atomic E-state index is -0.105. The molecule has 0 radical (unpaired) electrons. The molecule has 2 aromatic carbocycles. The van der Waals surface area contributed by atoms with Gasteiger partial charge in [-0.15, -0.1) is 10.2 Å². The molecular formula is C19H15N3O2S. The van der Waals surface area contributed by atoms with Crippen LogP contribution >= 0.6 is 11.3 Å². The molecule has 6 heteroatoms. The Morgan fingerprint density at radius 1 is 1.12 bits per heavy atom. The second-order valence-corrected chi connectivity index (χ2v) is 6.66. The Bertz CT molecular complexity index is 1180. The summed E-state index contributed by atoms with van der Waals surface area (Å²) in [5, 5.41) is 8.39. The molecule has 124 valence electrons. The van der Waals surface area contributed by atoms with E-state index >= 15 is 0 Å². The summed E-state index contributed by atoms with van der Waals surface area (Å²) >= 11 is 1.33. The van der Waals surface area contributed by atoms with Gasteiger partial charge in [0.1, 0.15) is 5.75 Å². The molecule has 0 bridgehead atoms. The Balaban J connectivity index is 1.91. The van der Waals surface area contributed by atoms with Crippen molar-refractivity contribution in [3.8, 4) is 17.1 Å². The Kier molecular flexibility index (Phi) is 3.82. The van der Waals surface area contributed by atoms with Crippen LogP contribution in [0, 0.1) is 6.92 Å². The summed E-state index contributed by atoms with van der Waals surface area (Å²) < 4.78 is 7.44. The second-order valence-electron chi connectivity index (χ2n) is 5.65. The van der Waals surface area contributed by atoms with Crippen molar-refractivity contribution in [3.05, 3.63) is 74.5 Å². The van der Waals surface area contributed by atoms with Crippen molar-refractivity contribution in [2.45, 2.75) is 6.92 Å². The zero-order valence-corrected chi connectivity index (χ0v) is 14.6. The molecule has 0 amide bonds. The first-order valence-corrected chi connectivity index (χ1v) is 8.59. The van der Waals surface area contributed by atoms with E-state index in [1.54, 1.807) is 11.5 Å². The molecule has 5 nitrogen and oxygen atoms in total. The number of benzene rings is 2. The van der Waals surface area contributed by atoms with Crippen LogP contribution in [-0.2, 0) is 0 Å². The number of aromatic nitrogens is 3. The number of thiazole rings is 1. The Morgan fingerprint density at radius 3 is 2.76 bits per heavy atom. The molecule has 25 heavy (non-hydrogen) atoms. The topological polar surface area (TPSA) is 56.5 Å². The van der Waals surface area contributed by atoms with E-state index in [1.807, 2.05) is 61.5 Å². The van der Waals surface area contributed by atoms with Gasteiger partial charge >= 0.3 is 0 Å². The van der Waals surface area contributed by atoms with Crippen molar-refractivity contribution in [3.63, 3.8) is 0 Å². The molecule has 2 aromatic heterocycles. The number of aryl methyl sites for hydroxylation is 1. The molecule has 0 aliphatic rings. The summed E-state index contributed by atoms with van der Waals surface area (Å²) in [7, 11) is 1.62. The van der Waals surface area contributed by atoms with Crippen molar-refractivity contribution < 1.29 is 4.74 Å². The van der Waals surface area contributed by atoms with Crippen molar-refractivity contribution >= 4 is 22.4 Å². The van der Waals surface area contributed by atoms with Crippen LogP contribution in [0.25, 0.3) is 22.4 Å². The molecule has 0 fully saturated rings. The molecule has 0 unspecified atom stereocenters. The number of methoxy groups -OCH3 is 1. The summed E-state index contributed by atoms with van der Waals surface area (Å²) in [6.07, 6.45) is 1.85. The van der Waals surface area contributed by atoms with Crippen molar-refractivity contribution in [2.24, 2.45) is 0 Å². The van der Waals surface area contributed by atoms with E-state index < -0.39 is 0 Å². The van der Waals surface area contributed by atoms with E-state index in [1.165, 1.54) is 11.3 Å². The van der Waals surface area contributed by atoms with E-state index in [0.717, 1.165) is 22.4 Å². The van der Waals surface area contributed by atoms with Crippen LogP contribution < -0.4 is 14.8 Å². The van der Waals surface area contributed by atoms with Gasteiger partial charge in [-0.3, -0.25) is 4.79 Å². The summed E-state index contributed by atoms with van der Waals surface area (Å²) in [5.41, 5.74) is 2.77. The van der Waals surface area contributed by atoms with Gasteiger partial charge in [0.15, 0.2) is 5.82 Å². The smallest absolute Gasteiger partial charge is 0.276 e. The molecule has 0 aliphatic carbocycles. The fourth-order valence-electron chi connectivity index (χ4n) is 2.74. The Labute approximate surface area is 147 Å². The molecule has 0 aliphatic heterocycles. The van der Waals surface area contributed by atoms with Gasteiger partial charge in [0.2, 0.25) is 4.96 Å². The Morgan fingerprint density at radius 2 is 1.96 bits per heavy atom. The summed E-state index contributed by atoms with van der Waals surface area (Å²) in [5.74, 6) is 1.34. The summed E-state index contributed by atoms with van der Waals surface area (Å²) in [6, 6.07) is 15.4. The fraction of sp³-hybridized carbons (Fsp3) is 0.105. The molecule has 0 saturated heterocycles. The minimum absolute atomic E-state index is 0.105. The van der Waals surface area contributed by atoms with E-state index in [2.05, 4.69) is 10.2 Å². The molecule has 0 spiro atoms. The van der Waals surface area contributed by atoms with Crippen LogP contribution in [0.3, 0.4) is 0 Å². The lowest BCUT2D eigenvalue weighted by molar-refractivity contribution is 0.414. The highest BCUT2D eigenvalue weighted by atomic mass is 32.1. The molecule has 4 rings (SSSR count). The van der Waals surface area contributed by atoms with Crippen LogP contribution in [-0.4, -0.2) is 21.7 Å². The number of rotatable bonds is 3. The monoisotopic (exact) mass is 349 g/mol. The highest BCUT2D eigenvalue weighted by Gasteiger charge is 2.15. The molecule has 0 atom stereocenters. The summed E-state index contributed by atoms with van der Waals surface area (Å²) in [4.78, 5) is 13.5. The zero-order valence-electron chi connectivity index (χ0n) is 13.8. The Hall–Kier alpha value is -2.99. The largest absolute Gasteiger partial charge is 0.497 e. The van der Waals surface area contributed by atoms with Crippen molar-refractivity contribution in [1.82, 2.24) is 14.6 Å². The normalized spacial score (nSPS) is 12.0.